The van der Waals surface area contributed by atoms with Crippen LogP contribution in [-0.2, 0) is 6.42 Å². The summed E-state index contributed by atoms with van der Waals surface area (Å²) < 4.78 is 0. The molecule has 100 valence electrons. The Morgan fingerprint density at radius 3 is 3.11 bits per heavy atom. The van der Waals surface area contributed by atoms with Crippen LogP contribution in [0.4, 0.5) is 4.79 Å². The molecule has 1 saturated heterocycles. The third kappa shape index (κ3) is 3.02. The Morgan fingerprint density at radius 2 is 2.44 bits per heavy atom. The summed E-state index contributed by atoms with van der Waals surface area (Å²) >= 11 is 1.74. The highest BCUT2D eigenvalue weighted by atomic mass is 32.1. The number of thiazole rings is 1. The SMILES string of the molecule is CCNC(=O)N1CCC[C@H](c2nc(CC)cs2)C1. The number of likely N-dealkylation sites (tertiary alicyclic amines) is 1. The molecule has 2 rings (SSSR count). The number of hydrogen-bond acceptors (Lipinski definition) is 3. The Bertz CT molecular complexity index is 405. The molecule has 0 unspecified atom stereocenters. The largest absolute Gasteiger partial charge is 0.338 e. The zero-order chi connectivity index (χ0) is 13.0. The standard InChI is InChI=1S/C13H21N3OS/c1-3-11-9-18-12(15-11)10-6-5-7-16(8-10)13(17)14-4-2/h9-10H,3-8H2,1-2H3,(H,14,17)/t10-/m0/s1. The fourth-order valence-corrected chi connectivity index (χ4v) is 3.33. The molecular formula is C13H21N3OS. The van der Waals surface area contributed by atoms with E-state index < -0.39 is 0 Å². The molecule has 2 amide bonds. The quantitative estimate of drug-likeness (QED) is 0.915. The van der Waals surface area contributed by atoms with Crippen molar-refractivity contribution in [3.05, 3.63) is 16.1 Å². The Labute approximate surface area is 112 Å². The van der Waals surface area contributed by atoms with Gasteiger partial charge in [-0.05, 0) is 26.2 Å². The highest BCUT2D eigenvalue weighted by molar-refractivity contribution is 7.09. The molecule has 5 heteroatoms. The van der Waals surface area contributed by atoms with Gasteiger partial charge in [0.15, 0.2) is 0 Å². The maximum absolute atomic E-state index is 11.8. The van der Waals surface area contributed by atoms with Crippen molar-refractivity contribution >= 4 is 17.4 Å². The lowest BCUT2D eigenvalue weighted by Crippen LogP contribution is -2.44. The molecule has 1 aromatic heterocycles. The number of carbonyl (C=O) groups excluding carboxylic acids is 1. The number of nitrogens with one attached hydrogen (secondary N) is 1. The van der Waals surface area contributed by atoms with Gasteiger partial charge in [0.1, 0.15) is 0 Å². The molecule has 0 radical (unpaired) electrons. The van der Waals surface area contributed by atoms with Crippen molar-refractivity contribution in [2.45, 2.75) is 39.0 Å². The van der Waals surface area contributed by atoms with Crippen LogP contribution in [0.25, 0.3) is 0 Å². The monoisotopic (exact) mass is 267 g/mol. The molecule has 4 nitrogen and oxygen atoms in total. The van der Waals surface area contributed by atoms with Crippen LogP contribution in [0.3, 0.4) is 0 Å². The maximum Gasteiger partial charge on any atom is 0.317 e. The Balaban J connectivity index is 1.99. The average Bonchev–Trinajstić information content (AvgIpc) is 2.88. The Morgan fingerprint density at radius 1 is 1.61 bits per heavy atom. The van der Waals surface area contributed by atoms with Crippen molar-refractivity contribution in [3.63, 3.8) is 0 Å². The number of amides is 2. The summed E-state index contributed by atoms with van der Waals surface area (Å²) in [5.74, 6) is 0.423. The summed E-state index contributed by atoms with van der Waals surface area (Å²) in [4.78, 5) is 18.4. The van der Waals surface area contributed by atoms with E-state index in [1.807, 2.05) is 11.8 Å². The van der Waals surface area contributed by atoms with Gasteiger partial charge in [-0.1, -0.05) is 6.92 Å². The second kappa shape index (κ2) is 6.18. The van der Waals surface area contributed by atoms with Gasteiger partial charge in [0, 0.05) is 30.9 Å². The molecule has 0 aromatic carbocycles. The summed E-state index contributed by atoms with van der Waals surface area (Å²) in [6.07, 6.45) is 3.21. The zero-order valence-electron chi connectivity index (χ0n) is 11.1. The Hall–Kier alpha value is -1.10. The first-order valence-corrected chi connectivity index (χ1v) is 7.59. The number of carbonyl (C=O) groups is 1. The van der Waals surface area contributed by atoms with Crippen LogP contribution in [-0.4, -0.2) is 35.5 Å². The molecule has 1 N–H and O–H groups in total. The minimum absolute atomic E-state index is 0.0643. The maximum atomic E-state index is 11.8. The van der Waals surface area contributed by atoms with Gasteiger partial charge in [-0.25, -0.2) is 9.78 Å². The van der Waals surface area contributed by atoms with Crippen molar-refractivity contribution in [2.24, 2.45) is 0 Å². The summed E-state index contributed by atoms with van der Waals surface area (Å²) in [5.41, 5.74) is 1.17. The molecule has 1 aliphatic rings. The molecule has 0 bridgehead atoms. The van der Waals surface area contributed by atoms with Crippen LogP contribution >= 0.6 is 11.3 Å². The predicted octanol–water partition coefficient (Wildman–Crippen LogP) is 2.61. The number of hydrogen-bond donors (Lipinski definition) is 1. The lowest BCUT2D eigenvalue weighted by atomic mass is 9.99. The fraction of sp³-hybridized carbons (Fsp3) is 0.692. The molecule has 2 heterocycles. The van der Waals surface area contributed by atoms with Gasteiger partial charge >= 0.3 is 6.03 Å². The highest BCUT2D eigenvalue weighted by Gasteiger charge is 2.26. The van der Waals surface area contributed by atoms with Crippen molar-refractivity contribution in [2.75, 3.05) is 19.6 Å². The molecule has 1 aromatic rings. The average molecular weight is 267 g/mol. The van der Waals surface area contributed by atoms with E-state index in [4.69, 9.17) is 0 Å². The molecule has 1 fully saturated rings. The van der Waals surface area contributed by atoms with Crippen molar-refractivity contribution in [1.29, 1.82) is 0 Å². The third-order valence-corrected chi connectivity index (χ3v) is 4.37. The number of urea groups is 1. The lowest BCUT2D eigenvalue weighted by Gasteiger charge is -2.31. The van der Waals surface area contributed by atoms with Gasteiger partial charge in [0.2, 0.25) is 0 Å². The van der Waals surface area contributed by atoms with E-state index in [9.17, 15) is 4.79 Å². The first-order chi connectivity index (χ1) is 8.74. The molecular weight excluding hydrogens is 246 g/mol. The second-order valence-electron chi connectivity index (χ2n) is 4.65. The number of aryl methyl sites for hydroxylation is 1. The minimum atomic E-state index is 0.0643. The topological polar surface area (TPSA) is 45.2 Å². The van der Waals surface area contributed by atoms with Gasteiger partial charge in [-0.15, -0.1) is 11.3 Å². The smallest absolute Gasteiger partial charge is 0.317 e. The van der Waals surface area contributed by atoms with E-state index in [-0.39, 0.29) is 6.03 Å². The number of aromatic nitrogens is 1. The van der Waals surface area contributed by atoms with Gasteiger partial charge in [0.25, 0.3) is 0 Å². The number of nitrogens with zero attached hydrogens (tertiary/aromatic N) is 2. The van der Waals surface area contributed by atoms with Crippen LogP contribution in [0.5, 0.6) is 0 Å². The van der Waals surface area contributed by atoms with E-state index in [1.54, 1.807) is 11.3 Å². The summed E-state index contributed by atoms with van der Waals surface area (Å²) in [5, 5.41) is 6.21. The summed E-state index contributed by atoms with van der Waals surface area (Å²) in [7, 11) is 0. The summed E-state index contributed by atoms with van der Waals surface area (Å²) in [6, 6.07) is 0.0643. The Kier molecular flexibility index (Phi) is 4.58. The fourth-order valence-electron chi connectivity index (χ4n) is 2.30. The molecule has 0 spiro atoms. The van der Waals surface area contributed by atoms with E-state index in [0.717, 1.165) is 32.4 Å². The van der Waals surface area contributed by atoms with E-state index in [1.165, 1.54) is 10.7 Å². The van der Waals surface area contributed by atoms with Crippen LogP contribution in [0, 0.1) is 0 Å². The van der Waals surface area contributed by atoms with Gasteiger partial charge in [-0.3, -0.25) is 0 Å². The van der Waals surface area contributed by atoms with Crippen molar-refractivity contribution in [1.82, 2.24) is 15.2 Å². The van der Waals surface area contributed by atoms with E-state index >= 15 is 0 Å². The van der Waals surface area contributed by atoms with Crippen molar-refractivity contribution < 1.29 is 4.79 Å². The van der Waals surface area contributed by atoms with E-state index in [2.05, 4.69) is 22.6 Å². The van der Waals surface area contributed by atoms with Gasteiger partial charge in [-0.2, -0.15) is 0 Å². The van der Waals surface area contributed by atoms with E-state index in [0.29, 0.717) is 12.5 Å². The van der Waals surface area contributed by atoms with Crippen LogP contribution in [0.1, 0.15) is 43.3 Å². The molecule has 0 aliphatic carbocycles. The van der Waals surface area contributed by atoms with Crippen molar-refractivity contribution in [3.8, 4) is 0 Å². The second-order valence-corrected chi connectivity index (χ2v) is 5.54. The molecule has 0 saturated carbocycles. The first kappa shape index (κ1) is 13.3. The highest BCUT2D eigenvalue weighted by Crippen LogP contribution is 2.29. The minimum Gasteiger partial charge on any atom is -0.338 e. The third-order valence-electron chi connectivity index (χ3n) is 3.32. The molecule has 18 heavy (non-hydrogen) atoms. The summed E-state index contributed by atoms with van der Waals surface area (Å²) in [6.45, 7) is 6.45. The first-order valence-electron chi connectivity index (χ1n) is 6.71. The lowest BCUT2D eigenvalue weighted by molar-refractivity contribution is 0.180. The van der Waals surface area contributed by atoms with Crippen LogP contribution < -0.4 is 5.32 Å². The number of piperidine rings is 1. The predicted molar refractivity (Wildman–Crippen MR) is 74.1 cm³/mol. The zero-order valence-corrected chi connectivity index (χ0v) is 11.9. The van der Waals surface area contributed by atoms with Crippen LogP contribution in [0.15, 0.2) is 5.38 Å². The normalized spacial score (nSPS) is 19.9. The van der Waals surface area contributed by atoms with Gasteiger partial charge in [0.05, 0.1) is 10.7 Å². The van der Waals surface area contributed by atoms with Gasteiger partial charge < -0.3 is 10.2 Å². The molecule has 1 aliphatic heterocycles. The van der Waals surface area contributed by atoms with Crippen LogP contribution in [0.2, 0.25) is 0 Å². The molecule has 1 atom stereocenters. The number of rotatable bonds is 3.